The van der Waals surface area contributed by atoms with E-state index in [1.165, 1.54) is 12.1 Å². The summed E-state index contributed by atoms with van der Waals surface area (Å²) in [7, 11) is -9.25. The molecule has 0 saturated heterocycles. The van der Waals surface area contributed by atoms with Gasteiger partial charge in [0.15, 0.2) is 0 Å². The van der Waals surface area contributed by atoms with Crippen molar-refractivity contribution in [2.75, 3.05) is 19.6 Å². The summed E-state index contributed by atoms with van der Waals surface area (Å²) in [4.78, 5) is 30.5. The third-order valence-corrected chi connectivity index (χ3v) is 7.40. The van der Waals surface area contributed by atoms with Crippen molar-refractivity contribution < 1.29 is 37.2 Å². The Labute approximate surface area is 198 Å². The second-order valence-electron chi connectivity index (χ2n) is 7.86. The van der Waals surface area contributed by atoms with Gasteiger partial charge in [0.2, 0.25) is 10.0 Å². The molecule has 2 aromatic carbocycles. The lowest BCUT2D eigenvalue weighted by molar-refractivity contribution is 0.0822. The Balaban J connectivity index is 2.48. The van der Waals surface area contributed by atoms with Crippen LogP contribution in [-0.4, -0.2) is 65.5 Å². The first kappa shape index (κ1) is 27.9. The highest BCUT2D eigenvalue weighted by atomic mass is 32.2. The molecule has 188 valence electrons. The number of sulfonamides is 1. The Kier molecular flexibility index (Phi) is 10.2. The second-order valence-corrected chi connectivity index (χ2v) is 11.0. The summed E-state index contributed by atoms with van der Waals surface area (Å²) in [5.74, 6) is -0.297. The zero-order chi connectivity index (χ0) is 25.4. The topological polar surface area (TPSA) is 179 Å². The molecule has 2 rings (SSSR count). The molecule has 1 unspecified atom stereocenters. The fourth-order valence-electron chi connectivity index (χ4n) is 3.35. The molecule has 11 nitrogen and oxygen atoms in total. The standard InChI is InChI=1S/C21H30N3O8PS/c1-16(13-22)14-24(34(30,31)18-10-6-3-7-11-18)15-20(32-33(27,28)29)19(23-21(25)26)12-17-8-4-2-5-9-17/h2-11,16,19-20,23H,12-15,22H2,1H3,(H,25,26)(H2,27,28,29)/t16?,19-,20+/m0/s1. The predicted octanol–water partition coefficient (Wildman–Crippen LogP) is 1.63. The van der Waals surface area contributed by atoms with Crippen molar-refractivity contribution in [2.24, 2.45) is 11.7 Å². The first-order chi connectivity index (χ1) is 15.9. The van der Waals surface area contributed by atoms with Gasteiger partial charge in [0.25, 0.3) is 0 Å². The monoisotopic (exact) mass is 515 g/mol. The zero-order valence-corrected chi connectivity index (χ0v) is 20.3. The number of benzene rings is 2. The SMILES string of the molecule is CC(CN)CN(C[C@@H](OP(=O)(O)O)[C@H](Cc1ccccc1)NC(=O)O)S(=O)(=O)c1ccccc1. The van der Waals surface area contributed by atoms with Crippen LogP contribution >= 0.6 is 7.82 Å². The average Bonchev–Trinajstić information content (AvgIpc) is 2.77. The molecule has 0 saturated carbocycles. The van der Waals surface area contributed by atoms with Gasteiger partial charge < -0.3 is 25.9 Å². The molecule has 0 spiro atoms. The minimum atomic E-state index is -5.12. The van der Waals surface area contributed by atoms with E-state index in [0.29, 0.717) is 5.56 Å². The molecule has 0 radical (unpaired) electrons. The van der Waals surface area contributed by atoms with Gasteiger partial charge in [0, 0.05) is 13.1 Å². The van der Waals surface area contributed by atoms with Gasteiger partial charge in [-0.1, -0.05) is 55.5 Å². The third kappa shape index (κ3) is 8.80. The van der Waals surface area contributed by atoms with Gasteiger partial charge in [-0.05, 0) is 36.6 Å². The summed E-state index contributed by atoms with van der Waals surface area (Å²) >= 11 is 0. The molecule has 2 aromatic rings. The fourth-order valence-corrected chi connectivity index (χ4v) is 5.51. The highest BCUT2D eigenvalue weighted by Gasteiger charge is 2.36. The van der Waals surface area contributed by atoms with Crippen LogP contribution in [0.1, 0.15) is 12.5 Å². The van der Waals surface area contributed by atoms with Crippen LogP contribution in [0.15, 0.2) is 65.6 Å². The lowest BCUT2D eigenvalue weighted by Crippen LogP contribution is -2.52. The average molecular weight is 516 g/mol. The van der Waals surface area contributed by atoms with Crippen molar-refractivity contribution in [1.82, 2.24) is 9.62 Å². The number of nitrogens with two attached hydrogens (primary N) is 1. The zero-order valence-electron chi connectivity index (χ0n) is 18.6. The first-order valence-electron chi connectivity index (χ1n) is 10.4. The highest BCUT2D eigenvalue weighted by Crippen LogP contribution is 2.39. The van der Waals surface area contributed by atoms with Crippen LogP contribution in [0.3, 0.4) is 0 Å². The van der Waals surface area contributed by atoms with Crippen LogP contribution in [0, 0.1) is 5.92 Å². The largest absolute Gasteiger partial charge is 0.469 e. The number of hydrogen-bond donors (Lipinski definition) is 5. The Morgan fingerprint density at radius 1 is 1.09 bits per heavy atom. The second kappa shape index (κ2) is 12.4. The van der Waals surface area contributed by atoms with Gasteiger partial charge in [-0.2, -0.15) is 4.31 Å². The van der Waals surface area contributed by atoms with Crippen LogP contribution in [-0.2, 0) is 25.5 Å². The van der Waals surface area contributed by atoms with Crippen LogP contribution in [0.2, 0.25) is 0 Å². The molecular formula is C21H30N3O8PS. The van der Waals surface area contributed by atoms with E-state index < -0.39 is 42.6 Å². The molecule has 6 N–H and O–H groups in total. The summed E-state index contributed by atoms with van der Waals surface area (Å²) in [6.07, 6.45) is -2.96. The smallest absolute Gasteiger partial charge is 0.465 e. The van der Waals surface area contributed by atoms with Gasteiger partial charge in [0.05, 0.1) is 10.9 Å². The maximum atomic E-state index is 13.4. The summed E-state index contributed by atoms with van der Waals surface area (Å²) in [5, 5.41) is 11.6. The number of nitrogens with one attached hydrogen (secondary N) is 1. The quantitative estimate of drug-likeness (QED) is 0.248. The van der Waals surface area contributed by atoms with Crippen LogP contribution < -0.4 is 11.1 Å². The Bertz CT molecular complexity index is 1070. The van der Waals surface area contributed by atoms with E-state index in [-0.39, 0.29) is 30.3 Å². The highest BCUT2D eigenvalue weighted by molar-refractivity contribution is 7.89. The van der Waals surface area contributed by atoms with E-state index >= 15 is 0 Å². The molecular weight excluding hydrogens is 485 g/mol. The molecule has 0 aliphatic rings. The lowest BCUT2D eigenvalue weighted by Gasteiger charge is -2.33. The van der Waals surface area contributed by atoms with E-state index in [9.17, 15) is 32.7 Å². The number of rotatable bonds is 13. The summed E-state index contributed by atoms with van der Waals surface area (Å²) in [5.41, 5.74) is 6.36. The van der Waals surface area contributed by atoms with Gasteiger partial charge in [-0.3, -0.25) is 4.52 Å². The maximum absolute atomic E-state index is 13.4. The molecule has 3 atom stereocenters. The minimum absolute atomic E-state index is 0.00345. The molecule has 0 bridgehead atoms. The van der Waals surface area contributed by atoms with Crippen molar-refractivity contribution in [3.8, 4) is 0 Å². The van der Waals surface area contributed by atoms with Crippen molar-refractivity contribution in [2.45, 2.75) is 30.4 Å². The van der Waals surface area contributed by atoms with Crippen molar-refractivity contribution in [3.05, 3.63) is 66.2 Å². The predicted molar refractivity (Wildman–Crippen MR) is 125 cm³/mol. The van der Waals surface area contributed by atoms with Gasteiger partial charge in [-0.15, -0.1) is 0 Å². The number of carboxylic acid groups (broad SMARTS) is 1. The van der Waals surface area contributed by atoms with E-state index in [4.69, 9.17) is 10.3 Å². The fraction of sp³-hybridized carbons (Fsp3) is 0.381. The van der Waals surface area contributed by atoms with E-state index in [0.717, 1.165) is 4.31 Å². The number of amides is 1. The van der Waals surface area contributed by atoms with Gasteiger partial charge in [0.1, 0.15) is 6.10 Å². The number of carbonyl (C=O) groups is 1. The molecule has 0 aromatic heterocycles. The minimum Gasteiger partial charge on any atom is -0.465 e. The first-order valence-corrected chi connectivity index (χ1v) is 13.4. The third-order valence-electron chi connectivity index (χ3n) is 5.01. The number of hydrogen-bond acceptors (Lipinski definition) is 6. The molecule has 34 heavy (non-hydrogen) atoms. The summed E-state index contributed by atoms with van der Waals surface area (Å²) < 4.78 is 44.5. The summed E-state index contributed by atoms with van der Waals surface area (Å²) in [6, 6.07) is 15.0. The number of phosphoric ester groups is 1. The van der Waals surface area contributed by atoms with Gasteiger partial charge in [-0.25, -0.2) is 17.8 Å². The normalized spacial score (nSPS) is 15.0. The Hall–Kier alpha value is -2.31. The molecule has 1 amide bonds. The van der Waals surface area contributed by atoms with Crippen molar-refractivity contribution in [1.29, 1.82) is 0 Å². The molecule has 13 heteroatoms. The van der Waals surface area contributed by atoms with E-state index in [2.05, 4.69) is 5.32 Å². The molecule has 0 aliphatic heterocycles. The Morgan fingerprint density at radius 2 is 1.65 bits per heavy atom. The lowest BCUT2D eigenvalue weighted by atomic mass is 10.0. The summed E-state index contributed by atoms with van der Waals surface area (Å²) in [6.45, 7) is 1.29. The van der Waals surface area contributed by atoms with Crippen LogP contribution in [0.25, 0.3) is 0 Å². The van der Waals surface area contributed by atoms with Gasteiger partial charge >= 0.3 is 13.9 Å². The van der Waals surface area contributed by atoms with Crippen LogP contribution in [0.4, 0.5) is 4.79 Å². The van der Waals surface area contributed by atoms with Crippen molar-refractivity contribution in [3.63, 3.8) is 0 Å². The van der Waals surface area contributed by atoms with E-state index in [1.807, 2.05) is 0 Å². The maximum Gasteiger partial charge on any atom is 0.469 e. The van der Waals surface area contributed by atoms with Crippen LogP contribution in [0.5, 0.6) is 0 Å². The van der Waals surface area contributed by atoms with E-state index in [1.54, 1.807) is 55.5 Å². The Morgan fingerprint density at radius 3 is 2.15 bits per heavy atom. The molecule has 0 aliphatic carbocycles. The van der Waals surface area contributed by atoms with Crippen molar-refractivity contribution >= 4 is 23.9 Å². The molecule has 0 fully saturated rings. The number of phosphoric acid groups is 1. The number of nitrogens with zero attached hydrogens (tertiary/aromatic N) is 1. The molecule has 0 heterocycles.